The number of aromatic nitrogens is 1. The van der Waals surface area contributed by atoms with Gasteiger partial charge < -0.3 is 10.6 Å². The molecule has 2 aromatic carbocycles. The van der Waals surface area contributed by atoms with Gasteiger partial charge in [-0.25, -0.2) is 4.98 Å². The molecule has 0 spiro atoms. The lowest BCUT2D eigenvalue weighted by atomic mass is 10.0. The van der Waals surface area contributed by atoms with E-state index in [0.29, 0.717) is 6.54 Å². The van der Waals surface area contributed by atoms with Crippen molar-refractivity contribution in [1.29, 1.82) is 0 Å². The molecule has 1 aromatic heterocycles. The number of nitrogens with zero attached hydrogens (tertiary/aromatic N) is 1. The number of hydrogen-bond acceptors (Lipinski definition) is 3. The Hall–Kier alpha value is -3.47. The Bertz CT molecular complexity index is 1030. The third-order valence-corrected chi connectivity index (χ3v) is 4.75. The number of hydrogen-bond donors (Lipinski definition) is 2. The van der Waals surface area contributed by atoms with Crippen LogP contribution in [0, 0.1) is 6.92 Å². The summed E-state index contributed by atoms with van der Waals surface area (Å²) >= 11 is 0. The Labute approximate surface area is 171 Å². The van der Waals surface area contributed by atoms with Crippen molar-refractivity contribution in [3.63, 3.8) is 0 Å². The number of para-hydroxylation sites is 1. The smallest absolute Gasteiger partial charge is 0.274 e. The van der Waals surface area contributed by atoms with E-state index in [4.69, 9.17) is 0 Å². The molecular weight excluding hydrogens is 362 g/mol. The number of nitrogens with one attached hydrogen (secondary N) is 2. The second-order valence-corrected chi connectivity index (χ2v) is 7.21. The van der Waals surface area contributed by atoms with Crippen LogP contribution in [0.4, 0.5) is 5.69 Å². The first kappa shape index (κ1) is 20.3. The molecular formula is C24H25N3O2. The van der Waals surface area contributed by atoms with E-state index in [1.165, 1.54) is 0 Å². The number of benzene rings is 2. The van der Waals surface area contributed by atoms with Crippen molar-refractivity contribution < 1.29 is 9.59 Å². The quantitative estimate of drug-likeness (QED) is 0.644. The van der Waals surface area contributed by atoms with Gasteiger partial charge in [-0.1, -0.05) is 62.4 Å². The van der Waals surface area contributed by atoms with Gasteiger partial charge in [-0.15, -0.1) is 0 Å². The summed E-state index contributed by atoms with van der Waals surface area (Å²) in [4.78, 5) is 29.4. The van der Waals surface area contributed by atoms with Gasteiger partial charge in [0, 0.05) is 12.2 Å². The number of anilines is 1. The van der Waals surface area contributed by atoms with E-state index in [1.807, 2.05) is 55.5 Å². The van der Waals surface area contributed by atoms with Crippen molar-refractivity contribution in [1.82, 2.24) is 10.3 Å². The maximum atomic E-state index is 12.7. The standard InChI is InChI=1S/C24H25N3O2/c1-16(2)19-11-6-7-12-20(19)27-24(29)22-14-8-13-21(26-22)23(28)25-15-18-10-5-4-9-17(18)3/h4-14,16H,15H2,1-3H3,(H,25,28)(H,27,29). The fraction of sp³-hybridized carbons (Fsp3) is 0.208. The van der Waals surface area contributed by atoms with Crippen LogP contribution in [0.5, 0.6) is 0 Å². The average molecular weight is 387 g/mol. The van der Waals surface area contributed by atoms with Gasteiger partial charge in [0.15, 0.2) is 0 Å². The fourth-order valence-corrected chi connectivity index (χ4v) is 3.06. The predicted molar refractivity (Wildman–Crippen MR) is 115 cm³/mol. The van der Waals surface area contributed by atoms with Gasteiger partial charge in [0.25, 0.3) is 11.8 Å². The summed E-state index contributed by atoms with van der Waals surface area (Å²) in [6.07, 6.45) is 0. The minimum absolute atomic E-state index is 0.201. The molecule has 0 saturated carbocycles. The highest BCUT2D eigenvalue weighted by molar-refractivity contribution is 6.04. The van der Waals surface area contributed by atoms with Gasteiger partial charge in [-0.2, -0.15) is 0 Å². The molecule has 0 radical (unpaired) electrons. The lowest BCUT2D eigenvalue weighted by molar-refractivity contribution is 0.0945. The van der Waals surface area contributed by atoms with Crippen LogP contribution in [0.3, 0.4) is 0 Å². The summed E-state index contributed by atoms with van der Waals surface area (Å²) in [7, 11) is 0. The summed E-state index contributed by atoms with van der Waals surface area (Å²) < 4.78 is 0. The van der Waals surface area contributed by atoms with Crippen molar-refractivity contribution in [3.8, 4) is 0 Å². The van der Waals surface area contributed by atoms with Gasteiger partial charge >= 0.3 is 0 Å². The molecule has 0 saturated heterocycles. The summed E-state index contributed by atoms with van der Waals surface area (Å²) in [6, 6.07) is 20.4. The fourth-order valence-electron chi connectivity index (χ4n) is 3.06. The Balaban J connectivity index is 1.71. The zero-order valence-electron chi connectivity index (χ0n) is 16.9. The first-order valence-electron chi connectivity index (χ1n) is 9.65. The largest absolute Gasteiger partial charge is 0.347 e. The van der Waals surface area contributed by atoms with Crippen LogP contribution >= 0.6 is 0 Å². The second kappa shape index (κ2) is 9.15. The predicted octanol–water partition coefficient (Wildman–Crippen LogP) is 4.70. The maximum Gasteiger partial charge on any atom is 0.274 e. The molecule has 1 heterocycles. The zero-order chi connectivity index (χ0) is 20.8. The highest BCUT2D eigenvalue weighted by atomic mass is 16.2. The number of carbonyl (C=O) groups excluding carboxylic acids is 2. The summed E-state index contributed by atoms with van der Waals surface area (Å²) in [5.41, 5.74) is 4.37. The minimum atomic E-state index is -0.341. The first-order valence-corrected chi connectivity index (χ1v) is 9.65. The molecule has 2 amide bonds. The highest BCUT2D eigenvalue weighted by Crippen LogP contribution is 2.24. The molecule has 2 N–H and O–H groups in total. The van der Waals surface area contributed by atoms with Crippen molar-refractivity contribution in [3.05, 3.63) is 94.8 Å². The molecule has 0 aliphatic carbocycles. The van der Waals surface area contributed by atoms with Crippen LogP contribution in [0.25, 0.3) is 0 Å². The molecule has 29 heavy (non-hydrogen) atoms. The van der Waals surface area contributed by atoms with Crippen LogP contribution < -0.4 is 10.6 Å². The number of pyridine rings is 1. The molecule has 5 heteroatoms. The molecule has 0 bridgehead atoms. The van der Waals surface area contributed by atoms with E-state index in [9.17, 15) is 9.59 Å². The monoisotopic (exact) mass is 387 g/mol. The van der Waals surface area contributed by atoms with E-state index >= 15 is 0 Å². The minimum Gasteiger partial charge on any atom is -0.347 e. The van der Waals surface area contributed by atoms with Crippen molar-refractivity contribution in [2.75, 3.05) is 5.32 Å². The van der Waals surface area contributed by atoms with Gasteiger partial charge in [-0.05, 0) is 47.7 Å². The summed E-state index contributed by atoms with van der Waals surface area (Å²) in [5, 5.41) is 5.77. The third kappa shape index (κ3) is 5.08. The van der Waals surface area contributed by atoms with Gasteiger partial charge in [0.2, 0.25) is 0 Å². The normalized spacial score (nSPS) is 10.6. The number of rotatable bonds is 6. The molecule has 0 unspecified atom stereocenters. The molecule has 0 atom stereocenters. The molecule has 3 aromatic rings. The van der Waals surface area contributed by atoms with Crippen LogP contribution in [-0.4, -0.2) is 16.8 Å². The Kier molecular flexibility index (Phi) is 6.39. The number of aryl methyl sites for hydroxylation is 1. The second-order valence-electron chi connectivity index (χ2n) is 7.21. The average Bonchev–Trinajstić information content (AvgIpc) is 2.73. The lowest BCUT2D eigenvalue weighted by Gasteiger charge is -2.13. The summed E-state index contributed by atoms with van der Waals surface area (Å²) in [6.45, 7) is 6.55. The van der Waals surface area contributed by atoms with E-state index in [0.717, 1.165) is 22.4 Å². The topological polar surface area (TPSA) is 71.1 Å². The van der Waals surface area contributed by atoms with E-state index in [2.05, 4.69) is 29.5 Å². The molecule has 148 valence electrons. The third-order valence-electron chi connectivity index (χ3n) is 4.75. The Morgan fingerprint density at radius 1 is 0.862 bits per heavy atom. The number of carbonyl (C=O) groups is 2. The molecule has 0 aliphatic rings. The van der Waals surface area contributed by atoms with E-state index in [1.54, 1.807) is 18.2 Å². The highest BCUT2D eigenvalue weighted by Gasteiger charge is 2.15. The number of amides is 2. The maximum absolute atomic E-state index is 12.7. The van der Waals surface area contributed by atoms with E-state index in [-0.39, 0.29) is 29.1 Å². The Morgan fingerprint density at radius 2 is 1.52 bits per heavy atom. The summed E-state index contributed by atoms with van der Waals surface area (Å²) in [5.74, 6) is -0.379. The molecule has 0 aliphatic heterocycles. The van der Waals surface area contributed by atoms with Crippen molar-refractivity contribution >= 4 is 17.5 Å². The van der Waals surface area contributed by atoms with Gasteiger partial charge in [0.1, 0.15) is 11.4 Å². The van der Waals surface area contributed by atoms with Crippen molar-refractivity contribution in [2.45, 2.75) is 33.2 Å². The lowest BCUT2D eigenvalue weighted by Crippen LogP contribution is -2.25. The van der Waals surface area contributed by atoms with Crippen LogP contribution in [0.1, 0.15) is 57.4 Å². The molecule has 5 nitrogen and oxygen atoms in total. The Morgan fingerprint density at radius 3 is 2.24 bits per heavy atom. The SMILES string of the molecule is Cc1ccccc1CNC(=O)c1cccc(C(=O)Nc2ccccc2C(C)C)n1. The van der Waals surface area contributed by atoms with Gasteiger partial charge in [0.05, 0.1) is 0 Å². The van der Waals surface area contributed by atoms with Gasteiger partial charge in [-0.3, -0.25) is 9.59 Å². The molecule has 3 rings (SSSR count). The molecule has 0 fully saturated rings. The van der Waals surface area contributed by atoms with Crippen LogP contribution in [-0.2, 0) is 6.54 Å². The zero-order valence-corrected chi connectivity index (χ0v) is 16.9. The van der Waals surface area contributed by atoms with Crippen molar-refractivity contribution in [2.24, 2.45) is 0 Å². The van der Waals surface area contributed by atoms with Crippen LogP contribution in [0.15, 0.2) is 66.7 Å². The van der Waals surface area contributed by atoms with E-state index < -0.39 is 0 Å². The van der Waals surface area contributed by atoms with Crippen LogP contribution in [0.2, 0.25) is 0 Å². The first-order chi connectivity index (χ1) is 14.0.